The minimum atomic E-state index is -0.333. The van der Waals surface area contributed by atoms with Gasteiger partial charge in [0.1, 0.15) is 11.7 Å². The molecule has 0 aliphatic heterocycles. The minimum absolute atomic E-state index is 0.279. The number of aryl methyl sites for hydroxylation is 1. The Balaban J connectivity index is 2.07. The first-order valence-electron chi connectivity index (χ1n) is 6.69. The lowest BCUT2D eigenvalue weighted by Crippen LogP contribution is -2.29. The van der Waals surface area contributed by atoms with E-state index in [9.17, 15) is 4.79 Å². The number of rotatable bonds is 6. The number of amides is 1. The summed E-state index contributed by atoms with van der Waals surface area (Å²) < 4.78 is 12.0. The second-order valence-electron chi connectivity index (χ2n) is 4.68. The maximum absolute atomic E-state index is 12.2. The summed E-state index contributed by atoms with van der Waals surface area (Å²) in [5.74, 6) is 0.00534. The van der Waals surface area contributed by atoms with E-state index in [1.54, 1.807) is 26.4 Å². The van der Waals surface area contributed by atoms with E-state index in [4.69, 9.17) is 21.1 Å². The molecule has 118 valence electrons. The highest BCUT2D eigenvalue weighted by atomic mass is 35.5. The van der Waals surface area contributed by atoms with Crippen LogP contribution in [0.2, 0.25) is 5.02 Å². The van der Waals surface area contributed by atoms with Gasteiger partial charge in [0.05, 0.1) is 7.11 Å². The van der Waals surface area contributed by atoms with Crippen LogP contribution in [0.1, 0.15) is 22.0 Å². The van der Waals surface area contributed by atoms with Gasteiger partial charge in [-0.05, 0) is 6.07 Å². The molecule has 1 heterocycles. The Morgan fingerprint density at radius 1 is 1.41 bits per heavy atom. The van der Waals surface area contributed by atoms with Gasteiger partial charge < -0.3 is 14.8 Å². The normalized spacial score (nSPS) is 12.0. The maximum atomic E-state index is 12.2. The first-order chi connectivity index (χ1) is 10.6. The number of carbonyl (C=O) groups is 1. The average Bonchev–Trinajstić information content (AvgIpc) is 2.90. The zero-order chi connectivity index (χ0) is 16.1. The molecule has 0 aliphatic rings. The smallest absolute Gasteiger partial charge is 0.258 e. The Morgan fingerprint density at radius 3 is 2.77 bits per heavy atom. The molecule has 2 aromatic rings. The maximum Gasteiger partial charge on any atom is 0.258 e. The van der Waals surface area contributed by atoms with Crippen molar-refractivity contribution in [1.82, 2.24) is 15.1 Å². The number of aromatic nitrogens is 2. The van der Waals surface area contributed by atoms with E-state index in [2.05, 4.69) is 10.4 Å². The SMILES string of the molecule is COc1nn(C)cc1C(=O)NCC(OC)c1ccccc1Cl. The van der Waals surface area contributed by atoms with Gasteiger partial charge in [-0.1, -0.05) is 29.8 Å². The Labute approximate surface area is 134 Å². The Bertz CT molecular complexity index is 657. The third kappa shape index (κ3) is 3.58. The molecule has 22 heavy (non-hydrogen) atoms. The number of ether oxygens (including phenoxy) is 2. The lowest BCUT2D eigenvalue weighted by Gasteiger charge is -2.17. The molecule has 0 spiro atoms. The Kier molecular flexibility index (Phi) is 5.41. The van der Waals surface area contributed by atoms with Crippen molar-refractivity contribution in [2.24, 2.45) is 7.05 Å². The monoisotopic (exact) mass is 323 g/mol. The third-order valence-electron chi connectivity index (χ3n) is 3.22. The van der Waals surface area contributed by atoms with Gasteiger partial charge >= 0.3 is 0 Å². The molecule has 0 fully saturated rings. The van der Waals surface area contributed by atoms with Crippen LogP contribution in [0, 0.1) is 0 Å². The van der Waals surface area contributed by atoms with E-state index in [-0.39, 0.29) is 24.4 Å². The number of methoxy groups -OCH3 is 2. The average molecular weight is 324 g/mol. The summed E-state index contributed by atoms with van der Waals surface area (Å²) in [4.78, 5) is 12.2. The molecule has 7 heteroatoms. The molecule has 6 nitrogen and oxygen atoms in total. The van der Waals surface area contributed by atoms with E-state index in [0.717, 1.165) is 5.56 Å². The fourth-order valence-electron chi connectivity index (χ4n) is 2.11. The molecule has 1 unspecified atom stereocenters. The topological polar surface area (TPSA) is 65.4 Å². The van der Waals surface area contributed by atoms with Crippen molar-refractivity contribution < 1.29 is 14.3 Å². The summed E-state index contributed by atoms with van der Waals surface area (Å²) in [6.07, 6.45) is 1.27. The Hall–Kier alpha value is -2.05. The lowest BCUT2D eigenvalue weighted by molar-refractivity contribution is 0.0826. The van der Waals surface area contributed by atoms with Crippen LogP contribution in [0.15, 0.2) is 30.5 Å². The molecular weight excluding hydrogens is 306 g/mol. The number of halogens is 1. The van der Waals surface area contributed by atoms with Crippen molar-refractivity contribution in [3.8, 4) is 5.88 Å². The van der Waals surface area contributed by atoms with Crippen LogP contribution < -0.4 is 10.1 Å². The summed E-state index contributed by atoms with van der Waals surface area (Å²) >= 11 is 6.16. The number of nitrogens with one attached hydrogen (secondary N) is 1. The van der Waals surface area contributed by atoms with Crippen molar-refractivity contribution in [3.05, 3.63) is 46.6 Å². The van der Waals surface area contributed by atoms with Gasteiger partial charge in [0.2, 0.25) is 5.88 Å². The van der Waals surface area contributed by atoms with Crippen LogP contribution in [0.3, 0.4) is 0 Å². The van der Waals surface area contributed by atoms with Crippen molar-refractivity contribution in [1.29, 1.82) is 0 Å². The quantitative estimate of drug-likeness (QED) is 0.885. The fourth-order valence-corrected chi connectivity index (χ4v) is 2.37. The number of nitrogens with zero attached hydrogens (tertiary/aromatic N) is 2. The van der Waals surface area contributed by atoms with Gasteiger partial charge in [0.15, 0.2) is 0 Å². The second-order valence-corrected chi connectivity index (χ2v) is 5.09. The molecule has 0 aliphatic carbocycles. The molecule has 1 amide bonds. The van der Waals surface area contributed by atoms with E-state index in [0.29, 0.717) is 10.6 Å². The fraction of sp³-hybridized carbons (Fsp3) is 0.333. The predicted molar refractivity (Wildman–Crippen MR) is 83.3 cm³/mol. The molecular formula is C15H18ClN3O3. The molecule has 1 aromatic heterocycles. The summed E-state index contributed by atoms with van der Waals surface area (Å²) in [6.45, 7) is 0.289. The van der Waals surface area contributed by atoms with Crippen LogP contribution in [0.5, 0.6) is 5.88 Å². The van der Waals surface area contributed by atoms with Gasteiger partial charge in [-0.15, -0.1) is 5.10 Å². The second kappa shape index (κ2) is 7.29. The van der Waals surface area contributed by atoms with Crippen molar-refractivity contribution >= 4 is 17.5 Å². The first kappa shape index (κ1) is 16.3. The summed E-state index contributed by atoms with van der Waals surface area (Å²) in [7, 11) is 4.77. The van der Waals surface area contributed by atoms with Gasteiger partial charge in [-0.2, -0.15) is 0 Å². The molecule has 0 saturated heterocycles. The van der Waals surface area contributed by atoms with Gasteiger partial charge in [-0.25, -0.2) is 0 Å². The predicted octanol–water partition coefficient (Wildman–Crippen LogP) is 2.20. The third-order valence-corrected chi connectivity index (χ3v) is 3.56. The molecule has 1 aromatic carbocycles. The number of carbonyl (C=O) groups excluding carboxylic acids is 1. The molecule has 0 saturated carbocycles. The van der Waals surface area contributed by atoms with Crippen molar-refractivity contribution in [2.45, 2.75) is 6.10 Å². The molecule has 2 rings (SSSR count). The largest absolute Gasteiger partial charge is 0.479 e. The summed E-state index contributed by atoms with van der Waals surface area (Å²) in [6, 6.07) is 7.37. The van der Waals surface area contributed by atoms with E-state index >= 15 is 0 Å². The van der Waals surface area contributed by atoms with Gasteiger partial charge in [-0.3, -0.25) is 9.48 Å². The zero-order valence-corrected chi connectivity index (χ0v) is 13.4. The summed E-state index contributed by atoms with van der Waals surface area (Å²) in [5.41, 5.74) is 1.20. The van der Waals surface area contributed by atoms with E-state index in [1.807, 2.05) is 18.2 Å². The molecule has 0 radical (unpaired) electrons. The Morgan fingerprint density at radius 2 is 2.14 bits per heavy atom. The van der Waals surface area contributed by atoms with Crippen LogP contribution in [0.25, 0.3) is 0 Å². The highest BCUT2D eigenvalue weighted by Crippen LogP contribution is 2.24. The van der Waals surface area contributed by atoms with Crippen molar-refractivity contribution in [2.75, 3.05) is 20.8 Å². The molecule has 1 N–H and O–H groups in total. The zero-order valence-electron chi connectivity index (χ0n) is 12.7. The van der Waals surface area contributed by atoms with Gasteiger partial charge in [0.25, 0.3) is 5.91 Å². The van der Waals surface area contributed by atoms with Gasteiger partial charge in [0, 0.05) is 37.5 Å². The van der Waals surface area contributed by atoms with Crippen LogP contribution in [-0.4, -0.2) is 36.5 Å². The van der Waals surface area contributed by atoms with E-state index < -0.39 is 0 Å². The molecule has 1 atom stereocenters. The highest BCUT2D eigenvalue weighted by Gasteiger charge is 2.19. The number of hydrogen-bond donors (Lipinski definition) is 1. The summed E-state index contributed by atoms with van der Waals surface area (Å²) in [5, 5.41) is 7.46. The van der Waals surface area contributed by atoms with Crippen LogP contribution in [0.4, 0.5) is 0 Å². The lowest BCUT2D eigenvalue weighted by atomic mass is 10.1. The first-order valence-corrected chi connectivity index (χ1v) is 7.07. The standard InChI is InChI=1S/C15H18ClN3O3/c1-19-9-11(15(18-19)22-3)14(20)17-8-13(21-2)10-6-4-5-7-12(10)16/h4-7,9,13H,8H2,1-3H3,(H,17,20). The minimum Gasteiger partial charge on any atom is -0.479 e. The number of hydrogen-bond acceptors (Lipinski definition) is 4. The number of benzene rings is 1. The highest BCUT2D eigenvalue weighted by molar-refractivity contribution is 6.31. The molecule has 0 bridgehead atoms. The van der Waals surface area contributed by atoms with E-state index in [1.165, 1.54) is 11.8 Å². The van der Waals surface area contributed by atoms with Crippen LogP contribution in [-0.2, 0) is 11.8 Å². The van der Waals surface area contributed by atoms with Crippen LogP contribution >= 0.6 is 11.6 Å². The van der Waals surface area contributed by atoms with Crippen molar-refractivity contribution in [3.63, 3.8) is 0 Å².